The lowest BCUT2D eigenvalue weighted by Crippen LogP contribution is -2.18. The van der Waals surface area contributed by atoms with E-state index in [1.807, 2.05) is 19.1 Å². The van der Waals surface area contributed by atoms with E-state index >= 15 is 0 Å². The van der Waals surface area contributed by atoms with Gasteiger partial charge in [-0.05, 0) is 37.1 Å². The largest absolute Gasteiger partial charge is 0.323 e. The first-order chi connectivity index (χ1) is 9.00. The van der Waals surface area contributed by atoms with Crippen molar-refractivity contribution in [3.8, 4) is 0 Å². The highest BCUT2D eigenvalue weighted by molar-refractivity contribution is 5.30. The van der Waals surface area contributed by atoms with Crippen LogP contribution >= 0.6 is 0 Å². The molecule has 2 rings (SSSR count). The molecule has 2 aromatic rings. The van der Waals surface area contributed by atoms with Crippen LogP contribution in [0.15, 0.2) is 30.5 Å². The van der Waals surface area contributed by atoms with Crippen LogP contribution in [0.4, 0.5) is 8.78 Å². The van der Waals surface area contributed by atoms with E-state index in [1.165, 1.54) is 12.1 Å². The van der Waals surface area contributed by atoms with Crippen LogP contribution in [0.5, 0.6) is 0 Å². The van der Waals surface area contributed by atoms with Crippen molar-refractivity contribution in [1.29, 1.82) is 0 Å². The Balaban J connectivity index is 2.33. The van der Waals surface area contributed by atoms with E-state index in [0.717, 1.165) is 11.3 Å². The normalized spacial score (nSPS) is 12.5. The van der Waals surface area contributed by atoms with Crippen molar-refractivity contribution in [1.82, 2.24) is 4.98 Å². The number of hydrogen-bond acceptors (Lipinski definition) is 2. The summed E-state index contributed by atoms with van der Waals surface area (Å²) in [5.74, 6) is -1.18. The minimum atomic E-state index is -0.742. The first-order valence-electron chi connectivity index (χ1n) is 6.11. The Morgan fingerprint density at radius 1 is 1.16 bits per heavy atom. The zero-order chi connectivity index (χ0) is 14.0. The fraction of sp³-hybridized carbons (Fsp3) is 0.267. The number of halogens is 2. The van der Waals surface area contributed by atoms with Crippen molar-refractivity contribution in [2.24, 2.45) is 5.73 Å². The number of nitrogens with zero attached hydrogens (tertiary/aromatic N) is 1. The molecule has 0 amide bonds. The molecule has 0 saturated heterocycles. The summed E-state index contributed by atoms with van der Waals surface area (Å²) in [7, 11) is 0. The average Bonchev–Trinajstić information content (AvgIpc) is 2.37. The molecule has 1 atom stereocenters. The molecule has 1 aromatic carbocycles. The molecule has 0 aliphatic carbocycles. The average molecular weight is 262 g/mol. The van der Waals surface area contributed by atoms with Crippen molar-refractivity contribution >= 4 is 0 Å². The molecule has 19 heavy (non-hydrogen) atoms. The van der Waals surface area contributed by atoms with E-state index in [-0.39, 0.29) is 5.56 Å². The highest BCUT2D eigenvalue weighted by atomic mass is 19.1. The van der Waals surface area contributed by atoms with Gasteiger partial charge in [0.15, 0.2) is 0 Å². The van der Waals surface area contributed by atoms with Crippen LogP contribution in [-0.4, -0.2) is 4.98 Å². The van der Waals surface area contributed by atoms with Crippen molar-refractivity contribution in [2.45, 2.75) is 26.3 Å². The third-order valence-electron chi connectivity index (χ3n) is 3.22. The molecule has 1 aromatic heterocycles. The topological polar surface area (TPSA) is 38.9 Å². The number of benzene rings is 1. The van der Waals surface area contributed by atoms with Gasteiger partial charge in [-0.1, -0.05) is 12.1 Å². The zero-order valence-corrected chi connectivity index (χ0v) is 11.0. The third kappa shape index (κ3) is 2.79. The van der Waals surface area contributed by atoms with Crippen LogP contribution in [0.25, 0.3) is 0 Å². The second-order valence-electron chi connectivity index (χ2n) is 4.67. The molecule has 0 bridgehead atoms. The molecule has 2 N–H and O–H groups in total. The molecule has 0 aliphatic rings. The summed E-state index contributed by atoms with van der Waals surface area (Å²) in [5.41, 5.74) is 8.00. The molecule has 1 unspecified atom stereocenters. The second-order valence-corrected chi connectivity index (χ2v) is 4.67. The Kier molecular flexibility index (Phi) is 3.90. The molecule has 2 nitrogen and oxygen atoms in total. The fourth-order valence-corrected chi connectivity index (χ4v) is 2.06. The van der Waals surface area contributed by atoms with E-state index in [9.17, 15) is 8.78 Å². The summed E-state index contributed by atoms with van der Waals surface area (Å²) in [6.07, 6.45) is 1.96. The van der Waals surface area contributed by atoms with Crippen LogP contribution in [0.2, 0.25) is 0 Å². The van der Waals surface area contributed by atoms with Gasteiger partial charge in [-0.2, -0.15) is 0 Å². The van der Waals surface area contributed by atoms with Crippen LogP contribution < -0.4 is 5.73 Å². The molecule has 0 spiro atoms. The number of aryl methyl sites for hydroxylation is 2. The van der Waals surface area contributed by atoms with Gasteiger partial charge in [0, 0.05) is 29.9 Å². The third-order valence-corrected chi connectivity index (χ3v) is 3.22. The summed E-state index contributed by atoms with van der Waals surface area (Å²) < 4.78 is 27.7. The Morgan fingerprint density at radius 2 is 1.89 bits per heavy atom. The standard InChI is InChI=1S/C15H16F2N2/c1-9-4-3-7-19-13(9)8-12(18)14-11(16)6-5-10(2)15(14)17/h3-7,12H,8,18H2,1-2H3. The highest BCUT2D eigenvalue weighted by Gasteiger charge is 2.19. The maximum atomic E-state index is 14.0. The molecule has 0 fully saturated rings. The fourth-order valence-electron chi connectivity index (χ4n) is 2.06. The van der Waals surface area contributed by atoms with Crippen LogP contribution in [0.1, 0.15) is 28.4 Å². The first kappa shape index (κ1) is 13.6. The molecular weight excluding hydrogens is 246 g/mol. The van der Waals surface area contributed by atoms with E-state index in [0.29, 0.717) is 12.0 Å². The van der Waals surface area contributed by atoms with Crippen LogP contribution in [-0.2, 0) is 6.42 Å². The summed E-state index contributed by atoms with van der Waals surface area (Å²) in [5, 5.41) is 0. The molecule has 0 radical (unpaired) electrons. The predicted molar refractivity (Wildman–Crippen MR) is 70.7 cm³/mol. The second kappa shape index (κ2) is 5.45. The lowest BCUT2D eigenvalue weighted by atomic mass is 9.98. The van der Waals surface area contributed by atoms with Crippen molar-refractivity contribution in [3.63, 3.8) is 0 Å². The van der Waals surface area contributed by atoms with Gasteiger partial charge < -0.3 is 5.73 Å². The Labute approximate surface area is 111 Å². The monoisotopic (exact) mass is 262 g/mol. The van der Waals surface area contributed by atoms with E-state index in [1.54, 1.807) is 13.1 Å². The molecule has 0 saturated carbocycles. The number of aromatic nitrogens is 1. The predicted octanol–water partition coefficient (Wildman–Crippen LogP) is 3.22. The number of rotatable bonds is 3. The van der Waals surface area contributed by atoms with Gasteiger partial charge in [0.05, 0.1) is 0 Å². The van der Waals surface area contributed by atoms with Gasteiger partial charge in [0.25, 0.3) is 0 Å². The summed E-state index contributed by atoms with van der Waals surface area (Å²) >= 11 is 0. The lowest BCUT2D eigenvalue weighted by Gasteiger charge is -2.15. The maximum Gasteiger partial charge on any atom is 0.133 e. The smallest absolute Gasteiger partial charge is 0.133 e. The van der Waals surface area contributed by atoms with Gasteiger partial charge in [0.1, 0.15) is 11.6 Å². The van der Waals surface area contributed by atoms with Gasteiger partial charge >= 0.3 is 0 Å². The number of hydrogen-bond donors (Lipinski definition) is 1. The van der Waals surface area contributed by atoms with Gasteiger partial charge in [0.2, 0.25) is 0 Å². The van der Waals surface area contributed by atoms with Crippen LogP contribution in [0.3, 0.4) is 0 Å². The van der Waals surface area contributed by atoms with Crippen molar-refractivity contribution in [3.05, 3.63) is 64.5 Å². The van der Waals surface area contributed by atoms with E-state index < -0.39 is 17.7 Å². The summed E-state index contributed by atoms with van der Waals surface area (Å²) in [6, 6.07) is 5.63. The molecule has 0 aliphatic heterocycles. The van der Waals surface area contributed by atoms with E-state index in [2.05, 4.69) is 4.98 Å². The van der Waals surface area contributed by atoms with Crippen molar-refractivity contribution < 1.29 is 8.78 Å². The Bertz CT molecular complexity index is 597. The molecule has 1 heterocycles. The molecular formula is C15H16F2N2. The summed E-state index contributed by atoms with van der Waals surface area (Å²) in [6.45, 7) is 3.50. The summed E-state index contributed by atoms with van der Waals surface area (Å²) in [4.78, 5) is 4.20. The highest BCUT2D eigenvalue weighted by Crippen LogP contribution is 2.24. The van der Waals surface area contributed by atoms with Gasteiger partial charge in [-0.3, -0.25) is 4.98 Å². The SMILES string of the molecule is Cc1cccnc1CC(N)c1c(F)ccc(C)c1F. The minimum Gasteiger partial charge on any atom is -0.323 e. The minimum absolute atomic E-state index is 0.0648. The van der Waals surface area contributed by atoms with Crippen LogP contribution in [0, 0.1) is 25.5 Å². The number of nitrogens with two attached hydrogens (primary N) is 1. The Hall–Kier alpha value is -1.81. The number of pyridine rings is 1. The quantitative estimate of drug-likeness (QED) is 0.922. The van der Waals surface area contributed by atoms with Crippen molar-refractivity contribution in [2.75, 3.05) is 0 Å². The molecule has 100 valence electrons. The zero-order valence-electron chi connectivity index (χ0n) is 11.0. The van der Waals surface area contributed by atoms with Gasteiger partial charge in [-0.15, -0.1) is 0 Å². The maximum absolute atomic E-state index is 14.0. The first-order valence-corrected chi connectivity index (χ1v) is 6.11. The van der Waals surface area contributed by atoms with Gasteiger partial charge in [-0.25, -0.2) is 8.78 Å². The lowest BCUT2D eigenvalue weighted by molar-refractivity contribution is 0.518. The molecule has 4 heteroatoms. The van der Waals surface area contributed by atoms with E-state index in [4.69, 9.17) is 5.73 Å². The Morgan fingerprint density at radius 3 is 2.58 bits per heavy atom.